The van der Waals surface area contributed by atoms with E-state index < -0.39 is 123 Å². The number of hydrogen-bond acceptors (Lipinski definition) is 25. The fourth-order valence-corrected chi connectivity index (χ4v) is 10.6. The summed E-state index contributed by atoms with van der Waals surface area (Å²) in [7, 11) is -25.7. The number of phosphoric acid groups is 5. The summed E-state index contributed by atoms with van der Waals surface area (Å²) in [5.41, 5.74) is 0. The van der Waals surface area contributed by atoms with Crippen molar-refractivity contribution in [3.63, 3.8) is 0 Å². The van der Waals surface area contributed by atoms with Crippen molar-refractivity contribution in [2.75, 3.05) is 0 Å². The molecule has 0 aromatic heterocycles. The Bertz CT molecular complexity index is 1390. The molecule has 0 amide bonds. The molecule has 0 heterocycles. The Morgan fingerprint density at radius 1 is 0.319 bits per heavy atom. The Labute approximate surface area is 296 Å². The van der Waals surface area contributed by atoms with Crippen LogP contribution in [0.3, 0.4) is 0 Å². The van der Waals surface area contributed by atoms with Crippen LogP contribution < -0.4 is 18.8 Å². The molecule has 47 heavy (non-hydrogen) atoms. The van der Waals surface area contributed by atoms with Gasteiger partial charge in [-0.3, -0.25) is 0 Å². The molecule has 0 aromatic rings. The van der Waals surface area contributed by atoms with Crippen molar-refractivity contribution in [2.45, 2.75) is 0 Å². The van der Waals surface area contributed by atoms with Crippen LogP contribution >= 0.6 is 39.1 Å². The summed E-state index contributed by atoms with van der Waals surface area (Å²) in [6.45, 7) is 0. The summed E-state index contributed by atoms with van der Waals surface area (Å²) in [4.78, 5) is 76.9. The van der Waals surface area contributed by atoms with Gasteiger partial charge in [-0.15, -0.1) is 0 Å². The molecule has 0 aromatic carbocycles. The first-order valence-electron chi connectivity index (χ1n) is 7.16. The van der Waals surface area contributed by atoms with Crippen LogP contribution in [0.4, 0.5) is 0 Å². The van der Waals surface area contributed by atoms with E-state index in [1.54, 1.807) is 0 Å². The van der Waals surface area contributed by atoms with Crippen LogP contribution in [0.5, 0.6) is 0 Å². The second-order valence-corrected chi connectivity index (χ2v) is 26.0. The average molecular weight is 1300 g/mol. The molecule has 0 saturated heterocycles. The van der Waals surface area contributed by atoms with Crippen molar-refractivity contribution in [1.82, 2.24) is 0 Å². The van der Waals surface area contributed by atoms with Gasteiger partial charge < -0.3 is 0 Å². The standard InChI is InChI=1S/Al.5Mo.5H3O4P.15O.Zn/c;;;;;;5*1-5(2,3)4;;;;;;;;;;;;;;;;/h;;;;;;5*(H3,1,2,3,4);;;;;;;;;;;;;;;;/q+3;5*+1;;;;;;;;;;;;;;;;5*-1;+2/p-5. The third kappa shape index (κ3) is 99.4. The fourth-order valence-electron chi connectivity index (χ4n) is 0.595. The molecule has 0 fully saturated rings. The van der Waals surface area contributed by atoms with E-state index >= 15 is 0 Å². The van der Waals surface area contributed by atoms with Crippen LogP contribution in [-0.4, -0.2) is 66.3 Å². The van der Waals surface area contributed by atoms with Gasteiger partial charge in [-0.05, 0) is 0 Å². The summed E-state index contributed by atoms with van der Waals surface area (Å²) in [5.74, 6) is 0. The number of hydrogen-bond donors (Lipinski definition) is 10. The first-order valence-corrected chi connectivity index (χ1v) is 31.2. The third-order valence-electron chi connectivity index (χ3n) is 0.942. The Hall–Kier alpha value is 2.95. The molecule has 47 heteroatoms. The summed E-state index contributed by atoms with van der Waals surface area (Å²) in [5, 5.41) is 0. The molecule has 0 rings (SSSR count). The quantitative estimate of drug-likeness (QED) is 0.0717. The van der Waals surface area contributed by atoms with E-state index in [0.717, 1.165) is 0 Å². The predicted octanol–water partition coefficient (Wildman–Crippen LogP) is -9.73. The SMILES string of the molecule is O=P(O)(O)[O][Mo](=[O])(=[O])[O-].O=P(O)(O)[O][Mo](=[O])(=[O])[O-].O=P(O)(O)[O][Mo](=[O])(=[O])[O-].O=P(O)(O)[O][Mo](=[O])(=[O])[O-].O=P(O)(O)[O][Mo](=[O])(=[O])[O-].[Al+3].[Zn+2]. The van der Waals surface area contributed by atoms with Gasteiger partial charge in [-0.25, -0.2) is 0 Å². The Kier molecular flexibility index (Phi) is 33.6. The molecule has 0 aliphatic heterocycles. The zero-order chi connectivity index (χ0) is 38.5. The van der Waals surface area contributed by atoms with Crippen LogP contribution in [-0.2, 0) is 176 Å². The first kappa shape index (κ1) is 64.9. The van der Waals surface area contributed by atoms with Crippen LogP contribution in [0.2, 0.25) is 0 Å². The van der Waals surface area contributed by atoms with E-state index in [0.29, 0.717) is 0 Å². The summed E-state index contributed by atoms with van der Waals surface area (Å²) in [6, 6.07) is 0. The van der Waals surface area contributed by atoms with Gasteiger partial charge in [0.15, 0.2) is 0 Å². The first-order chi connectivity index (χ1) is 18.5. The maximum Gasteiger partial charge on any atom is 3.00 e. The normalized spacial score (nSPS) is 13.1. The molecule has 10 N–H and O–H groups in total. The Morgan fingerprint density at radius 3 is 0.383 bits per heavy atom. The summed E-state index contributed by atoms with van der Waals surface area (Å²) in [6.07, 6.45) is 0. The van der Waals surface area contributed by atoms with Crippen molar-refractivity contribution in [1.29, 1.82) is 0 Å². The van der Waals surface area contributed by atoms with Crippen LogP contribution in [0.15, 0.2) is 0 Å². The van der Waals surface area contributed by atoms with E-state index in [9.17, 15) is 75.6 Å². The smallest absolute Gasteiger partial charge is 2.00 e. The third-order valence-corrected chi connectivity index (χ3v) is 16.7. The van der Waals surface area contributed by atoms with E-state index in [1.165, 1.54) is 0 Å². The second-order valence-electron chi connectivity index (χ2n) is 4.87. The second kappa shape index (κ2) is 24.4. The zero-order valence-corrected chi connectivity index (χ0v) is 38.9. The maximum absolute atomic E-state index is 9.57. The average Bonchev–Trinajstić information content (AvgIpc) is 2.36. The topological polar surface area (TPSA) is 620 Å². The van der Waals surface area contributed by atoms with Gasteiger partial charge in [-0.1, -0.05) is 0 Å². The van der Waals surface area contributed by atoms with Crippen LogP contribution in [0.25, 0.3) is 0 Å². The van der Waals surface area contributed by atoms with Crippen LogP contribution in [0, 0.1) is 0 Å². The minimum absolute atomic E-state index is 0. The molecule has 0 spiro atoms. The molecular formula is H10AlMo5O35P5Zn. The minimum Gasteiger partial charge on any atom is 2.00 e. The maximum atomic E-state index is 9.57. The van der Waals surface area contributed by atoms with Crippen molar-refractivity contribution < 1.29 is 244 Å². The van der Waals surface area contributed by atoms with Gasteiger partial charge in [-0.2, -0.15) is 0 Å². The predicted molar refractivity (Wildman–Crippen MR) is 78.3 cm³/mol. The van der Waals surface area contributed by atoms with Crippen molar-refractivity contribution in [3.05, 3.63) is 0 Å². The van der Waals surface area contributed by atoms with E-state index in [4.69, 9.17) is 48.9 Å². The van der Waals surface area contributed by atoms with Gasteiger partial charge >= 0.3 is 300 Å². The Morgan fingerprint density at radius 2 is 0.383 bits per heavy atom. The van der Waals surface area contributed by atoms with E-state index in [-0.39, 0.29) is 36.8 Å². The molecule has 0 radical (unpaired) electrons. The van der Waals surface area contributed by atoms with Crippen LogP contribution in [0.1, 0.15) is 0 Å². The molecule has 0 bridgehead atoms. The van der Waals surface area contributed by atoms with E-state index in [1.807, 2.05) is 0 Å². The fraction of sp³-hybridized carbons (Fsp3) is 0. The van der Waals surface area contributed by atoms with Gasteiger partial charge in [0.05, 0.1) is 0 Å². The van der Waals surface area contributed by atoms with Gasteiger partial charge in [0.2, 0.25) is 0 Å². The van der Waals surface area contributed by atoms with Crippen molar-refractivity contribution in [2.24, 2.45) is 0 Å². The van der Waals surface area contributed by atoms with Gasteiger partial charge in [0.1, 0.15) is 0 Å². The van der Waals surface area contributed by atoms with Crippen molar-refractivity contribution in [3.8, 4) is 0 Å². The van der Waals surface area contributed by atoms with Gasteiger partial charge in [0.25, 0.3) is 0 Å². The molecule has 0 saturated carbocycles. The Balaban J connectivity index is -0.0000000842. The molecule has 280 valence electrons. The molecule has 35 nitrogen and oxygen atoms in total. The molecule has 0 aliphatic carbocycles. The van der Waals surface area contributed by atoms with Crippen molar-refractivity contribution >= 4 is 56.5 Å². The molecular weight excluding hydrogens is 1290 g/mol. The molecule has 0 atom stereocenters. The van der Waals surface area contributed by atoms with E-state index in [2.05, 4.69) is 15.9 Å². The summed E-state index contributed by atoms with van der Waals surface area (Å²) < 4.78 is 204. The van der Waals surface area contributed by atoms with Gasteiger partial charge in [0, 0.05) is 0 Å². The summed E-state index contributed by atoms with van der Waals surface area (Å²) >= 11 is -31.4. The minimum atomic E-state index is -6.28. The number of rotatable bonds is 10. The molecule has 0 unspecified atom stereocenters. The largest absolute Gasteiger partial charge is 3.00 e. The monoisotopic (exact) mass is 1310 g/mol. The zero-order valence-electron chi connectivity index (χ0n) is 20.2. The molecule has 0 aliphatic rings.